The average Bonchev–Trinajstić information content (AvgIpc) is 3.10. The monoisotopic (exact) mass is 325 g/mol. The second kappa shape index (κ2) is 7.81. The molecule has 1 saturated carbocycles. The van der Waals surface area contributed by atoms with Gasteiger partial charge in [-0.15, -0.1) is 0 Å². The van der Waals surface area contributed by atoms with Crippen LogP contribution in [0.2, 0.25) is 0 Å². The number of pyridine rings is 1. The molecule has 0 aliphatic heterocycles. The van der Waals surface area contributed by atoms with Gasteiger partial charge in [0.05, 0.1) is 12.3 Å². The third kappa shape index (κ3) is 4.04. The maximum Gasteiger partial charge on any atom is 0.274 e. The van der Waals surface area contributed by atoms with E-state index in [9.17, 15) is 4.79 Å². The molecule has 2 aromatic rings. The Labute approximate surface area is 142 Å². The zero-order chi connectivity index (χ0) is 16.8. The van der Waals surface area contributed by atoms with Crippen molar-refractivity contribution >= 4 is 17.3 Å². The molecule has 1 aliphatic carbocycles. The van der Waals surface area contributed by atoms with Crippen molar-refractivity contribution in [2.75, 3.05) is 17.2 Å². The van der Waals surface area contributed by atoms with E-state index in [0.717, 1.165) is 5.69 Å². The van der Waals surface area contributed by atoms with Crippen molar-refractivity contribution in [3.63, 3.8) is 0 Å². The number of carbonyl (C=O) groups excluding carboxylic acids is 1. The van der Waals surface area contributed by atoms with Crippen LogP contribution in [0.3, 0.4) is 0 Å². The smallest absolute Gasteiger partial charge is 0.274 e. The van der Waals surface area contributed by atoms with Crippen LogP contribution in [-0.2, 0) is 0 Å². The first-order valence-corrected chi connectivity index (χ1v) is 8.52. The summed E-state index contributed by atoms with van der Waals surface area (Å²) in [5.41, 5.74) is 1.99. The topological polar surface area (TPSA) is 63.2 Å². The Bertz CT molecular complexity index is 697. The van der Waals surface area contributed by atoms with Crippen molar-refractivity contribution in [1.29, 1.82) is 0 Å². The minimum Gasteiger partial charge on any atom is -0.492 e. The van der Waals surface area contributed by atoms with Crippen LogP contribution >= 0.6 is 0 Å². The van der Waals surface area contributed by atoms with Gasteiger partial charge < -0.3 is 15.4 Å². The highest BCUT2D eigenvalue weighted by atomic mass is 16.5. The number of rotatable bonds is 6. The van der Waals surface area contributed by atoms with Gasteiger partial charge in [0, 0.05) is 17.9 Å². The second-order valence-electron chi connectivity index (χ2n) is 5.94. The Hall–Kier alpha value is -2.56. The van der Waals surface area contributed by atoms with E-state index >= 15 is 0 Å². The van der Waals surface area contributed by atoms with Gasteiger partial charge in [0.15, 0.2) is 0 Å². The van der Waals surface area contributed by atoms with Gasteiger partial charge in [0.2, 0.25) is 0 Å². The van der Waals surface area contributed by atoms with Crippen LogP contribution in [0.4, 0.5) is 11.4 Å². The predicted octanol–water partition coefficient (Wildman–Crippen LogP) is 4.09. The Morgan fingerprint density at radius 3 is 2.83 bits per heavy atom. The van der Waals surface area contributed by atoms with E-state index in [0.29, 0.717) is 29.8 Å². The lowest BCUT2D eigenvalue weighted by atomic mass is 10.2. The van der Waals surface area contributed by atoms with Gasteiger partial charge in [0.1, 0.15) is 11.4 Å². The van der Waals surface area contributed by atoms with E-state index in [2.05, 4.69) is 15.6 Å². The van der Waals surface area contributed by atoms with E-state index < -0.39 is 0 Å². The van der Waals surface area contributed by atoms with Crippen LogP contribution in [0.5, 0.6) is 5.75 Å². The van der Waals surface area contributed by atoms with E-state index in [1.165, 1.54) is 25.7 Å². The number of para-hydroxylation sites is 2. The molecule has 1 aromatic heterocycles. The van der Waals surface area contributed by atoms with Gasteiger partial charge in [-0.3, -0.25) is 9.78 Å². The molecule has 1 aromatic carbocycles. The molecular weight excluding hydrogens is 302 g/mol. The van der Waals surface area contributed by atoms with Gasteiger partial charge in [-0.2, -0.15) is 0 Å². The fraction of sp³-hybridized carbons (Fsp3) is 0.368. The largest absolute Gasteiger partial charge is 0.492 e. The molecule has 24 heavy (non-hydrogen) atoms. The van der Waals surface area contributed by atoms with Crippen molar-refractivity contribution in [2.45, 2.75) is 38.6 Å². The fourth-order valence-corrected chi connectivity index (χ4v) is 2.99. The van der Waals surface area contributed by atoms with Crippen molar-refractivity contribution in [2.24, 2.45) is 0 Å². The number of nitrogens with zero attached hydrogens (tertiary/aromatic N) is 1. The molecule has 126 valence electrons. The first-order chi connectivity index (χ1) is 11.8. The molecule has 3 rings (SSSR count). The SMILES string of the molecule is CCOc1ccccc1NC(=O)c1cc(NC2CCCC2)ccn1. The van der Waals surface area contributed by atoms with Gasteiger partial charge in [-0.25, -0.2) is 0 Å². The molecule has 0 unspecified atom stereocenters. The van der Waals surface area contributed by atoms with Crippen molar-refractivity contribution in [1.82, 2.24) is 4.98 Å². The average molecular weight is 325 g/mol. The maximum atomic E-state index is 12.5. The highest BCUT2D eigenvalue weighted by Crippen LogP contribution is 2.25. The molecule has 5 heteroatoms. The van der Waals surface area contributed by atoms with E-state index in [1.54, 1.807) is 12.3 Å². The lowest BCUT2D eigenvalue weighted by Gasteiger charge is -2.14. The Balaban J connectivity index is 1.71. The molecule has 1 aliphatic rings. The first kappa shape index (κ1) is 16.3. The van der Waals surface area contributed by atoms with Gasteiger partial charge in [-0.1, -0.05) is 25.0 Å². The number of amides is 1. The van der Waals surface area contributed by atoms with Crippen LogP contribution in [0.1, 0.15) is 43.1 Å². The van der Waals surface area contributed by atoms with Gasteiger partial charge >= 0.3 is 0 Å². The van der Waals surface area contributed by atoms with E-state index in [1.807, 2.05) is 37.3 Å². The lowest BCUT2D eigenvalue weighted by molar-refractivity contribution is 0.102. The zero-order valence-electron chi connectivity index (χ0n) is 13.9. The molecule has 1 fully saturated rings. The highest BCUT2D eigenvalue weighted by Gasteiger charge is 2.16. The lowest BCUT2D eigenvalue weighted by Crippen LogP contribution is -2.17. The molecule has 0 spiro atoms. The second-order valence-corrected chi connectivity index (χ2v) is 5.94. The first-order valence-electron chi connectivity index (χ1n) is 8.52. The summed E-state index contributed by atoms with van der Waals surface area (Å²) in [4.78, 5) is 16.7. The summed E-state index contributed by atoms with van der Waals surface area (Å²) in [5, 5.41) is 6.37. The number of carbonyl (C=O) groups is 1. The molecule has 5 nitrogen and oxygen atoms in total. The molecule has 1 heterocycles. The number of aromatic nitrogens is 1. The molecule has 0 saturated heterocycles. The Morgan fingerprint density at radius 2 is 2.04 bits per heavy atom. The third-order valence-corrected chi connectivity index (χ3v) is 4.15. The van der Waals surface area contributed by atoms with E-state index in [-0.39, 0.29) is 5.91 Å². The number of hydrogen-bond acceptors (Lipinski definition) is 4. The summed E-state index contributed by atoms with van der Waals surface area (Å²) in [6.07, 6.45) is 6.58. The summed E-state index contributed by atoms with van der Waals surface area (Å²) in [5.74, 6) is 0.422. The van der Waals surface area contributed by atoms with Crippen LogP contribution in [-0.4, -0.2) is 23.5 Å². The molecule has 0 radical (unpaired) electrons. The van der Waals surface area contributed by atoms with Gasteiger partial charge in [0.25, 0.3) is 5.91 Å². The molecule has 1 amide bonds. The van der Waals surface area contributed by atoms with Crippen LogP contribution in [0.25, 0.3) is 0 Å². The van der Waals surface area contributed by atoms with Crippen LogP contribution in [0, 0.1) is 0 Å². The molecular formula is C19H23N3O2. The van der Waals surface area contributed by atoms with Crippen LogP contribution in [0.15, 0.2) is 42.6 Å². The van der Waals surface area contributed by atoms with Crippen molar-refractivity contribution in [3.05, 3.63) is 48.3 Å². The molecule has 0 bridgehead atoms. The summed E-state index contributed by atoms with van der Waals surface area (Å²) in [7, 11) is 0. The fourth-order valence-electron chi connectivity index (χ4n) is 2.99. The minimum atomic E-state index is -0.239. The third-order valence-electron chi connectivity index (χ3n) is 4.15. The van der Waals surface area contributed by atoms with Gasteiger partial charge in [-0.05, 0) is 44.0 Å². The Morgan fingerprint density at radius 1 is 1.25 bits per heavy atom. The van der Waals surface area contributed by atoms with E-state index in [4.69, 9.17) is 4.74 Å². The number of benzene rings is 1. The number of anilines is 2. The minimum absolute atomic E-state index is 0.239. The summed E-state index contributed by atoms with van der Waals surface area (Å²) >= 11 is 0. The number of hydrogen-bond donors (Lipinski definition) is 2. The maximum absolute atomic E-state index is 12.5. The number of ether oxygens (including phenoxy) is 1. The standard InChI is InChI=1S/C19H23N3O2/c1-2-24-18-10-6-5-9-16(18)22-19(23)17-13-15(11-12-20-17)21-14-7-3-4-8-14/h5-6,9-14H,2-4,7-8H2,1H3,(H,20,21)(H,22,23). The summed E-state index contributed by atoms with van der Waals surface area (Å²) in [6, 6.07) is 11.6. The number of nitrogens with one attached hydrogen (secondary N) is 2. The molecule has 2 N–H and O–H groups in total. The highest BCUT2D eigenvalue weighted by molar-refractivity contribution is 6.04. The van der Waals surface area contributed by atoms with Crippen molar-refractivity contribution < 1.29 is 9.53 Å². The summed E-state index contributed by atoms with van der Waals surface area (Å²) in [6.45, 7) is 2.46. The van der Waals surface area contributed by atoms with Crippen LogP contribution < -0.4 is 15.4 Å². The molecule has 0 atom stereocenters. The normalized spacial score (nSPS) is 14.4. The summed E-state index contributed by atoms with van der Waals surface area (Å²) < 4.78 is 5.54. The quantitative estimate of drug-likeness (QED) is 0.840. The Kier molecular flexibility index (Phi) is 5.31. The predicted molar refractivity (Wildman–Crippen MR) is 95.7 cm³/mol. The zero-order valence-corrected chi connectivity index (χ0v) is 13.9. The van der Waals surface area contributed by atoms with Crippen molar-refractivity contribution in [3.8, 4) is 5.75 Å².